The summed E-state index contributed by atoms with van der Waals surface area (Å²) in [5.41, 5.74) is 9.63. The summed E-state index contributed by atoms with van der Waals surface area (Å²) in [6.07, 6.45) is 3.96. The molecule has 4 rings (SSSR count). The molecule has 2 amide bonds. The lowest BCUT2D eigenvalue weighted by molar-refractivity contribution is -0.121. The van der Waals surface area contributed by atoms with Crippen LogP contribution in [0.2, 0.25) is 0 Å². The molecule has 0 aliphatic carbocycles. The van der Waals surface area contributed by atoms with E-state index >= 15 is 0 Å². The number of nitrogens with zero attached hydrogens (tertiary/aromatic N) is 2. The first-order valence-corrected chi connectivity index (χ1v) is 11.0. The number of nitrogens with two attached hydrogens (primary N) is 1. The second-order valence-electron chi connectivity index (χ2n) is 8.09. The predicted molar refractivity (Wildman–Crippen MR) is 128 cm³/mol. The first-order chi connectivity index (χ1) is 16.5. The second-order valence-corrected chi connectivity index (χ2v) is 8.09. The van der Waals surface area contributed by atoms with Gasteiger partial charge in [0, 0.05) is 24.5 Å². The van der Waals surface area contributed by atoms with Gasteiger partial charge in [-0.3, -0.25) is 14.3 Å². The van der Waals surface area contributed by atoms with Crippen molar-refractivity contribution in [1.82, 2.24) is 15.1 Å². The van der Waals surface area contributed by atoms with E-state index in [-0.39, 0.29) is 18.3 Å². The van der Waals surface area contributed by atoms with Crippen molar-refractivity contribution in [3.05, 3.63) is 114 Å². The molecule has 0 aliphatic rings. The van der Waals surface area contributed by atoms with Gasteiger partial charge in [-0.2, -0.15) is 5.10 Å². The van der Waals surface area contributed by atoms with Gasteiger partial charge < -0.3 is 11.1 Å². The maximum absolute atomic E-state index is 13.2. The summed E-state index contributed by atoms with van der Waals surface area (Å²) in [6, 6.07) is 23.1. The standard InChI is InChI=1S/C27H25FN4O2/c28-23-12-8-19(9-13-23)16-22(26(29)33)17-30-27(34)25-5-2-1-4-24(25)21-10-6-20(7-11-21)18-32-15-3-14-31-32/h1-15,22H,16-18H2,(H2,29,33)(H,30,34). The summed E-state index contributed by atoms with van der Waals surface area (Å²) in [6.45, 7) is 0.751. The van der Waals surface area contributed by atoms with Gasteiger partial charge in [-0.1, -0.05) is 54.6 Å². The van der Waals surface area contributed by atoms with E-state index in [1.54, 1.807) is 30.5 Å². The summed E-state index contributed by atoms with van der Waals surface area (Å²) in [7, 11) is 0. The quantitative estimate of drug-likeness (QED) is 0.401. The van der Waals surface area contributed by atoms with Crippen LogP contribution >= 0.6 is 0 Å². The highest BCUT2D eigenvalue weighted by atomic mass is 19.1. The van der Waals surface area contributed by atoms with Gasteiger partial charge in [0.1, 0.15) is 5.82 Å². The van der Waals surface area contributed by atoms with Crippen molar-refractivity contribution in [3.8, 4) is 11.1 Å². The molecule has 1 atom stereocenters. The van der Waals surface area contributed by atoms with Gasteiger partial charge in [-0.25, -0.2) is 4.39 Å². The molecule has 3 N–H and O–H groups in total. The van der Waals surface area contributed by atoms with E-state index in [1.807, 2.05) is 53.3 Å². The fourth-order valence-electron chi connectivity index (χ4n) is 3.79. The van der Waals surface area contributed by atoms with Crippen LogP contribution in [0.4, 0.5) is 4.39 Å². The lowest BCUT2D eigenvalue weighted by Crippen LogP contribution is -2.37. The van der Waals surface area contributed by atoms with E-state index in [4.69, 9.17) is 5.73 Å². The minimum absolute atomic E-state index is 0.0860. The number of benzene rings is 3. The number of nitrogens with one attached hydrogen (secondary N) is 1. The van der Waals surface area contributed by atoms with Crippen LogP contribution in [0.1, 0.15) is 21.5 Å². The van der Waals surface area contributed by atoms with Gasteiger partial charge in [0.2, 0.25) is 5.91 Å². The van der Waals surface area contributed by atoms with Crippen LogP contribution in [0.25, 0.3) is 11.1 Å². The lowest BCUT2D eigenvalue weighted by Gasteiger charge is -2.16. The van der Waals surface area contributed by atoms with Crippen LogP contribution < -0.4 is 11.1 Å². The number of halogens is 1. The molecular weight excluding hydrogens is 431 g/mol. The Morgan fingerprint density at radius 1 is 0.941 bits per heavy atom. The molecule has 7 heteroatoms. The van der Waals surface area contributed by atoms with Gasteiger partial charge in [0.05, 0.1) is 12.5 Å². The summed E-state index contributed by atoms with van der Waals surface area (Å²) < 4.78 is 15.0. The summed E-state index contributed by atoms with van der Waals surface area (Å²) in [5.74, 6) is -1.77. The monoisotopic (exact) mass is 456 g/mol. The van der Waals surface area contributed by atoms with Crippen molar-refractivity contribution in [2.24, 2.45) is 11.7 Å². The van der Waals surface area contributed by atoms with E-state index in [9.17, 15) is 14.0 Å². The highest BCUT2D eigenvalue weighted by Crippen LogP contribution is 2.24. The Morgan fingerprint density at radius 2 is 1.65 bits per heavy atom. The highest BCUT2D eigenvalue weighted by molar-refractivity contribution is 6.01. The van der Waals surface area contributed by atoms with E-state index in [0.29, 0.717) is 18.5 Å². The third kappa shape index (κ3) is 5.75. The number of carbonyl (C=O) groups is 2. The molecule has 4 aromatic rings. The normalized spacial score (nSPS) is 11.7. The van der Waals surface area contributed by atoms with Crippen LogP contribution in [0, 0.1) is 11.7 Å². The van der Waals surface area contributed by atoms with E-state index in [2.05, 4.69) is 10.4 Å². The van der Waals surface area contributed by atoms with Crippen LogP contribution in [0.5, 0.6) is 0 Å². The Hall–Kier alpha value is -4.26. The molecular formula is C27H25FN4O2. The Balaban J connectivity index is 1.45. The van der Waals surface area contributed by atoms with Gasteiger partial charge in [-0.15, -0.1) is 0 Å². The molecule has 34 heavy (non-hydrogen) atoms. The number of hydrogen-bond donors (Lipinski definition) is 2. The molecule has 1 heterocycles. The third-order valence-corrected chi connectivity index (χ3v) is 5.65. The maximum Gasteiger partial charge on any atom is 0.251 e. The molecule has 0 spiro atoms. The number of carbonyl (C=O) groups excluding carboxylic acids is 2. The average molecular weight is 457 g/mol. The number of hydrogen-bond acceptors (Lipinski definition) is 3. The molecule has 0 saturated heterocycles. The van der Waals surface area contributed by atoms with Crippen molar-refractivity contribution in [3.63, 3.8) is 0 Å². The largest absolute Gasteiger partial charge is 0.369 e. The predicted octanol–water partition coefficient (Wildman–Crippen LogP) is 3.81. The van der Waals surface area contributed by atoms with Gasteiger partial charge in [0.15, 0.2) is 0 Å². The third-order valence-electron chi connectivity index (χ3n) is 5.65. The number of rotatable bonds is 9. The molecule has 6 nitrogen and oxygen atoms in total. The van der Waals surface area contributed by atoms with E-state index in [1.165, 1.54) is 12.1 Å². The molecule has 0 radical (unpaired) electrons. The van der Waals surface area contributed by atoms with Crippen molar-refractivity contribution in [1.29, 1.82) is 0 Å². The maximum atomic E-state index is 13.2. The molecule has 1 unspecified atom stereocenters. The zero-order valence-corrected chi connectivity index (χ0v) is 18.5. The van der Waals surface area contributed by atoms with Crippen LogP contribution in [-0.4, -0.2) is 28.1 Å². The van der Waals surface area contributed by atoms with Crippen molar-refractivity contribution >= 4 is 11.8 Å². The number of aromatic nitrogens is 2. The average Bonchev–Trinajstić information content (AvgIpc) is 3.36. The first-order valence-electron chi connectivity index (χ1n) is 11.0. The summed E-state index contributed by atoms with van der Waals surface area (Å²) in [4.78, 5) is 25.0. The molecule has 0 aliphatic heterocycles. The van der Waals surface area contributed by atoms with Crippen molar-refractivity contribution in [2.75, 3.05) is 6.54 Å². The zero-order chi connectivity index (χ0) is 23.9. The summed E-state index contributed by atoms with van der Waals surface area (Å²) in [5, 5.41) is 7.06. The topological polar surface area (TPSA) is 90.0 Å². The van der Waals surface area contributed by atoms with Crippen molar-refractivity contribution in [2.45, 2.75) is 13.0 Å². The molecule has 0 bridgehead atoms. The van der Waals surface area contributed by atoms with Gasteiger partial charge in [0.25, 0.3) is 5.91 Å². The second kappa shape index (κ2) is 10.6. The fraction of sp³-hybridized carbons (Fsp3) is 0.148. The lowest BCUT2D eigenvalue weighted by atomic mass is 9.96. The van der Waals surface area contributed by atoms with Crippen LogP contribution in [0.3, 0.4) is 0 Å². The molecule has 172 valence electrons. The Bertz CT molecular complexity index is 1250. The van der Waals surface area contributed by atoms with Crippen LogP contribution in [-0.2, 0) is 17.8 Å². The Kier molecular flexibility index (Phi) is 7.13. The van der Waals surface area contributed by atoms with Gasteiger partial charge in [-0.05, 0) is 52.9 Å². The molecule has 3 aromatic carbocycles. The molecule has 0 saturated carbocycles. The number of primary amides is 1. The summed E-state index contributed by atoms with van der Waals surface area (Å²) >= 11 is 0. The van der Waals surface area contributed by atoms with Gasteiger partial charge >= 0.3 is 0 Å². The zero-order valence-electron chi connectivity index (χ0n) is 18.5. The fourth-order valence-corrected chi connectivity index (χ4v) is 3.79. The molecule has 1 aromatic heterocycles. The smallest absolute Gasteiger partial charge is 0.251 e. The SMILES string of the molecule is NC(=O)C(CNC(=O)c1ccccc1-c1ccc(Cn2cccn2)cc1)Cc1ccc(F)cc1. The number of amides is 2. The molecule has 0 fully saturated rings. The highest BCUT2D eigenvalue weighted by Gasteiger charge is 2.19. The van der Waals surface area contributed by atoms with E-state index < -0.39 is 11.8 Å². The van der Waals surface area contributed by atoms with Crippen molar-refractivity contribution < 1.29 is 14.0 Å². The Labute approximate surface area is 197 Å². The van der Waals surface area contributed by atoms with E-state index in [0.717, 1.165) is 22.3 Å². The van der Waals surface area contributed by atoms with Crippen LogP contribution in [0.15, 0.2) is 91.3 Å². The minimum atomic E-state index is -0.608. The minimum Gasteiger partial charge on any atom is -0.369 e. The first kappa shape index (κ1) is 22.9. The Morgan fingerprint density at radius 3 is 2.32 bits per heavy atom.